The minimum Gasteiger partial charge on any atom is -0.486 e. The molecule has 1 atom stereocenters. The molecule has 1 aromatic carbocycles. The van der Waals surface area contributed by atoms with E-state index in [4.69, 9.17) is 4.74 Å². The molecular weight excluding hydrogens is 207 g/mol. The van der Waals surface area contributed by atoms with Crippen LogP contribution in [0.2, 0.25) is 0 Å². The summed E-state index contributed by atoms with van der Waals surface area (Å²) in [6.45, 7) is 0. The van der Waals surface area contributed by atoms with E-state index in [1.807, 2.05) is 6.08 Å². The van der Waals surface area contributed by atoms with Crippen molar-refractivity contribution in [3.8, 4) is 5.75 Å². The summed E-state index contributed by atoms with van der Waals surface area (Å²) in [6, 6.07) is 4.05. The second-order valence-corrected chi connectivity index (χ2v) is 3.85. The maximum absolute atomic E-state index is 13.1. The third kappa shape index (κ3) is 2.69. The Balaban J connectivity index is 2.13. The van der Waals surface area contributed by atoms with Gasteiger partial charge in [0.25, 0.3) is 0 Å². The minimum absolute atomic E-state index is 0.00458. The van der Waals surface area contributed by atoms with E-state index < -0.39 is 5.82 Å². The highest BCUT2D eigenvalue weighted by Gasteiger charge is 2.10. The summed E-state index contributed by atoms with van der Waals surface area (Å²) in [5.74, 6) is -0.0296. The number of rotatable bonds is 3. The zero-order valence-corrected chi connectivity index (χ0v) is 8.86. The maximum Gasteiger partial charge on any atom is 0.150 e. The molecule has 0 bridgehead atoms. The van der Waals surface area contributed by atoms with Crippen molar-refractivity contribution in [2.45, 2.75) is 25.4 Å². The van der Waals surface area contributed by atoms with Crippen molar-refractivity contribution in [2.75, 3.05) is 0 Å². The quantitative estimate of drug-likeness (QED) is 0.578. The fraction of sp³-hybridized carbons (Fsp3) is 0.308. The molecule has 0 radical (unpaired) electrons. The molecule has 0 saturated heterocycles. The van der Waals surface area contributed by atoms with Crippen LogP contribution in [-0.2, 0) is 0 Å². The molecule has 0 saturated carbocycles. The van der Waals surface area contributed by atoms with Crippen LogP contribution in [0.15, 0.2) is 30.4 Å². The topological polar surface area (TPSA) is 26.3 Å². The van der Waals surface area contributed by atoms with Gasteiger partial charge in [0.15, 0.2) is 0 Å². The van der Waals surface area contributed by atoms with Crippen molar-refractivity contribution in [1.82, 2.24) is 0 Å². The van der Waals surface area contributed by atoms with Crippen LogP contribution in [0.3, 0.4) is 0 Å². The minimum atomic E-state index is -0.445. The summed E-state index contributed by atoms with van der Waals surface area (Å²) in [5, 5.41) is 0. The van der Waals surface area contributed by atoms with E-state index in [2.05, 4.69) is 6.08 Å². The van der Waals surface area contributed by atoms with Gasteiger partial charge in [-0.05, 0) is 37.5 Å². The summed E-state index contributed by atoms with van der Waals surface area (Å²) < 4.78 is 18.7. The average molecular weight is 220 g/mol. The molecule has 1 aliphatic rings. The zero-order valence-electron chi connectivity index (χ0n) is 8.86. The van der Waals surface area contributed by atoms with Gasteiger partial charge >= 0.3 is 0 Å². The van der Waals surface area contributed by atoms with Gasteiger partial charge in [-0.15, -0.1) is 0 Å². The number of benzene rings is 1. The van der Waals surface area contributed by atoms with E-state index in [1.54, 1.807) is 6.07 Å². The Hall–Kier alpha value is -1.64. The summed E-state index contributed by atoms with van der Waals surface area (Å²) in [4.78, 5) is 10.6. The molecule has 0 aromatic heterocycles. The normalized spacial score (nSPS) is 19.4. The van der Waals surface area contributed by atoms with E-state index in [1.165, 1.54) is 12.1 Å². The van der Waals surface area contributed by atoms with Gasteiger partial charge in [-0.25, -0.2) is 4.39 Å². The molecule has 1 aromatic rings. The molecule has 2 rings (SSSR count). The SMILES string of the molecule is O=Cc1cc(F)cc(OC2C=CCCC2)c1. The first-order chi connectivity index (χ1) is 7.78. The third-order valence-electron chi connectivity index (χ3n) is 2.53. The molecule has 0 fully saturated rings. The molecule has 0 N–H and O–H groups in total. The fourth-order valence-corrected chi connectivity index (χ4v) is 1.77. The van der Waals surface area contributed by atoms with E-state index in [9.17, 15) is 9.18 Å². The summed E-state index contributed by atoms with van der Waals surface area (Å²) >= 11 is 0. The lowest BCUT2D eigenvalue weighted by atomic mass is 10.1. The standard InChI is InChI=1S/C13H13FO2/c14-11-6-10(9-15)7-13(8-11)16-12-4-2-1-3-5-12/h2,4,6-9,12H,1,3,5H2. The number of ether oxygens (including phenoxy) is 1. The van der Waals surface area contributed by atoms with Crippen molar-refractivity contribution in [1.29, 1.82) is 0 Å². The number of aldehydes is 1. The number of carbonyl (C=O) groups excluding carboxylic acids is 1. The van der Waals surface area contributed by atoms with E-state index >= 15 is 0 Å². The van der Waals surface area contributed by atoms with Gasteiger partial charge in [-0.1, -0.05) is 6.08 Å². The monoisotopic (exact) mass is 220 g/mol. The summed E-state index contributed by atoms with van der Waals surface area (Å²) in [6.07, 6.45) is 7.74. The van der Waals surface area contributed by atoms with Gasteiger partial charge in [-0.3, -0.25) is 4.79 Å². The molecule has 84 valence electrons. The van der Waals surface area contributed by atoms with Crippen LogP contribution in [0, 0.1) is 5.82 Å². The first kappa shape index (κ1) is 10.9. The van der Waals surface area contributed by atoms with Crippen LogP contribution in [0.25, 0.3) is 0 Å². The van der Waals surface area contributed by atoms with Gasteiger partial charge in [0.05, 0.1) is 0 Å². The molecule has 1 aliphatic carbocycles. The van der Waals surface area contributed by atoms with Crippen molar-refractivity contribution < 1.29 is 13.9 Å². The van der Waals surface area contributed by atoms with Crippen molar-refractivity contribution in [3.05, 3.63) is 41.7 Å². The van der Waals surface area contributed by atoms with Gasteiger partial charge in [0, 0.05) is 11.6 Å². The Kier molecular flexibility index (Phi) is 3.34. The molecule has 0 spiro atoms. The summed E-state index contributed by atoms with van der Waals surface area (Å²) in [5.41, 5.74) is 0.301. The molecule has 2 nitrogen and oxygen atoms in total. The predicted molar refractivity (Wildman–Crippen MR) is 59.2 cm³/mol. The Bertz CT molecular complexity index is 412. The summed E-state index contributed by atoms with van der Waals surface area (Å²) in [7, 11) is 0. The molecule has 16 heavy (non-hydrogen) atoms. The van der Waals surface area contributed by atoms with Crippen LogP contribution >= 0.6 is 0 Å². The predicted octanol–water partition coefficient (Wildman–Crippen LogP) is 3.13. The molecule has 0 aliphatic heterocycles. The van der Waals surface area contributed by atoms with E-state index in [0.29, 0.717) is 17.6 Å². The van der Waals surface area contributed by atoms with Crippen LogP contribution < -0.4 is 4.74 Å². The molecule has 3 heteroatoms. The number of hydrogen-bond donors (Lipinski definition) is 0. The second kappa shape index (κ2) is 4.92. The molecule has 1 unspecified atom stereocenters. The van der Waals surface area contributed by atoms with Crippen LogP contribution in [0.5, 0.6) is 5.75 Å². The number of carbonyl (C=O) groups is 1. The van der Waals surface area contributed by atoms with Crippen molar-refractivity contribution in [3.63, 3.8) is 0 Å². The Morgan fingerprint density at radius 1 is 1.38 bits per heavy atom. The number of allylic oxidation sites excluding steroid dienone is 1. The highest BCUT2D eigenvalue weighted by molar-refractivity contribution is 5.75. The zero-order chi connectivity index (χ0) is 11.4. The lowest BCUT2D eigenvalue weighted by molar-refractivity contribution is 0.112. The fourth-order valence-electron chi connectivity index (χ4n) is 1.77. The van der Waals surface area contributed by atoms with Gasteiger partial charge in [0.1, 0.15) is 24.0 Å². The number of halogens is 1. The highest BCUT2D eigenvalue weighted by Crippen LogP contribution is 2.21. The van der Waals surface area contributed by atoms with Crippen LogP contribution in [-0.4, -0.2) is 12.4 Å². The second-order valence-electron chi connectivity index (χ2n) is 3.85. The smallest absolute Gasteiger partial charge is 0.150 e. The third-order valence-corrected chi connectivity index (χ3v) is 2.53. The lowest BCUT2D eigenvalue weighted by Gasteiger charge is -2.18. The Morgan fingerprint density at radius 2 is 2.25 bits per heavy atom. The lowest BCUT2D eigenvalue weighted by Crippen LogP contribution is -2.15. The van der Waals surface area contributed by atoms with Gasteiger partial charge < -0.3 is 4.74 Å². The van der Waals surface area contributed by atoms with Gasteiger partial charge in [0.2, 0.25) is 0 Å². The maximum atomic E-state index is 13.1. The highest BCUT2D eigenvalue weighted by atomic mass is 19.1. The van der Waals surface area contributed by atoms with Crippen LogP contribution in [0.1, 0.15) is 29.6 Å². The Morgan fingerprint density at radius 3 is 2.94 bits per heavy atom. The molecule has 0 amide bonds. The molecule has 0 heterocycles. The van der Waals surface area contributed by atoms with Crippen molar-refractivity contribution >= 4 is 6.29 Å². The van der Waals surface area contributed by atoms with Gasteiger partial charge in [-0.2, -0.15) is 0 Å². The molecular formula is C13H13FO2. The average Bonchev–Trinajstić information content (AvgIpc) is 2.29. The first-order valence-corrected chi connectivity index (χ1v) is 5.37. The van der Waals surface area contributed by atoms with E-state index in [0.717, 1.165) is 19.3 Å². The first-order valence-electron chi connectivity index (χ1n) is 5.37. The largest absolute Gasteiger partial charge is 0.486 e. The van der Waals surface area contributed by atoms with Crippen molar-refractivity contribution in [2.24, 2.45) is 0 Å². The van der Waals surface area contributed by atoms with E-state index in [-0.39, 0.29) is 6.10 Å². The van der Waals surface area contributed by atoms with Crippen LogP contribution in [0.4, 0.5) is 4.39 Å². The number of hydrogen-bond acceptors (Lipinski definition) is 2. The Labute approximate surface area is 93.7 Å².